The molecular formula is C26H34N2O4. The van der Waals surface area contributed by atoms with Crippen LogP contribution in [0.1, 0.15) is 45.7 Å². The lowest BCUT2D eigenvalue weighted by Crippen LogP contribution is -2.38. The molecular weight excluding hydrogens is 404 g/mol. The lowest BCUT2D eigenvalue weighted by Gasteiger charge is -2.17. The van der Waals surface area contributed by atoms with E-state index < -0.39 is 0 Å². The van der Waals surface area contributed by atoms with Gasteiger partial charge in [0.05, 0.1) is 0 Å². The van der Waals surface area contributed by atoms with Crippen molar-refractivity contribution >= 4 is 24.0 Å². The molecule has 2 N–H and O–H groups in total. The number of amides is 2. The quantitative estimate of drug-likeness (QED) is 0.513. The van der Waals surface area contributed by atoms with Gasteiger partial charge in [0, 0.05) is 12.1 Å². The highest BCUT2D eigenvalue weighted by atomic mass is 16.5. The van der Waals surface area contributed by atoms with Crippen LogP contribution < -0.4 is 20.1 Å². The normalized spacial score (nSPS) is 12.1. The Hall–Kier alpha value is -3.28. The van der Waals surface area contributed by atoms with Crippen LogP contribution in [0.15, 0.2) is 48.5 Å². The largest absolute Gasteiger partial charge is 0.484 e. The molecule has 2 aromatic carbocycles. The third-order valence-electron chi connectivity index (χ3n) is 4.81. The lowest BCUT2D eigenvalue weighted by molar-refractivity contribution is -0.124. The Kier molecular flexibility index (Phi) is 9.79. The standard InChI is InChI=1S/C26H34N2O4/c1-18(2)20(5)28-26(30)17-32-24-14-10-22(11-15-24)7-6-21-8-12-23(13-9-21)31-16-25(29)27-19(3)4/h6-15,18-20H,16-17H2,1-5H3,(H,27,29)(H,28,30)/b7-6+. The molecule has 0 aliphatic heterocycles. The van der Waals surface area contributed by atoms with Crippen LogP contribution in [0, 0.1) is 5.92 Å². The summed E-state index contributed by atoms with van der Waals surface area (Å²) in [6.45, 7) is 9.93. The number of rotatable bonds is 11. The fourth-order valence-electron chi connectivity index (χ4n) is 2.67. The van der Waals surface area contributed by atoms with E-state index in [9.17, 15) is 9.59 Å². The summed E-state index contributed by atoms with van der Waals surface area (Å²) in [5.74, 6) is 1.42. The van der Waals surface area contributed by atoms with Gasteiger partial charge in [0.2, 0.25) is 0 Å². The van der Waals surface area contributed by atoms with Gasteiger partial charge in [0.15, 0.2) is 13.2 Å². The number of hydrogen-bond acceptors (Lipinski definition) is 4. The fraction of sp³-hybridized carbons (Fsp3) is 0.385. The highest BCUT2D eigenvalue weighted by Crippen LogP contribution is 2.17. The minimum atomic E-state index is -0.137. The van der Waals surface area contributed by atoms with Crippen LogP contribution in [0.25, 0.3) is 12.2 Å². The molecule has 1 atom stereocenters. The number of carbonyl (C=O) groups is 2. The van der Waals surface area contributed by atoms with Crippen molar-refractivity contribution in [2.45, 2.75) is 46.7 Å². The first-order valence-electron chi connectivity index (χ1n) is 11.0. The third-order valence-corrected chi connectivity index (χ3v) is 4.81. The second kappa shape index (κ2) is 12.5. The Morgan fingerprint density at radius 3 is 1.50 bits per heavy atom. The number of carbonyl (C=O) groups excluding carboxylic acids is 2. The molecule has 6 nitrogen and oxygen atoms in total. The van der Waals surface area contributed by atoms with Gasteiger partial charge in [0.25, 0.3) is 11.8 Å². The lowest BCUT2D eigenvalue weighted by atomic mass is 10.1. The van der Waals surface area contributed by atoms with E-state index in [1.54, 1.807) is 0 Å². The van der Waals surface area contributed by atoms with Crippen molar-refractivity contribution in [3.63, 3.8) is 0 Å². The van der Waals surface area contributed by atoms with E-state index >= 15 is 0 Å². The minimum Gasteiger partial charge on any atom is -0.484 e. The summed E-state index contributed by atoms with van der Waals surface area (Å²) in [5.41, 5.74) is 2.03. The van der Waals surface area contributed by atoms with E-state index in [0.29, 0.717) is 17.4 Å². The summed E-state index contributed by atoms with van der Waals surface area (Å²) >= 11 is 0. The minimum absolute atomic E-state index is 0.000196. The molecule has 0 bridgehead atoms. The predicted molar refractivity (Wildman–Crippen MR) is 129 cm³/mol. The Morgan fingerprint density at radius 1 is 0.719 bits per heavy atom. The van der Waals surface area contributed by atoms with Gasteiger partial charge >= 0.3 is 0 Å². The van der Waals surface area contributed by atoms with E-state index in [4.69, 9.17) is 9.47 Å². The molecule has 2 amide bonds. The third kappa shape index (κ3) is 9.25. The van der Waals surface area contributed by atoms with Crippen LogP contribution in [0.5, 0.6) is 11.5 Å². The summed E-state index contributed by atoms with van der Waals surface area (Å²) in [5, 5.41) is 5.71. The molecule has 172 valence electrons. The molecule has 0 heterocycles. The van der Waals surface area contributed by atoms with Crippen molar-refractivity contribution in [1.29, 1.82) is 0 Å². The van der Waals surface area contributed by atoms with E-state index in [1.807, 2.05) is 81.5 Å². The Bertz CT molecular complexity index is 887. The fourth-order valence-corrected chi connectivity index (χ4v) is 2.67. The number of hydrogen-bond donors (Lipinski definition) is 2. The molecule has 0 spiro atoms. The van der Waals surface area contributed by atoms with Gasteiger partial charge in [-0.15, -0.1) is 0 Å². The van der Waals surface area contributed by atoms with Crippen LogP contribution in [-0.2, 0) is 9.59 Å². The summed E-state index contributed by atoms with van der Waals surface area (Å²) in [6, 6.07) is 15.3. The summed E-state index contributed by atoms with van der Waals surface area (Å²) in [4.78, 5) is 23.6. The van der Waals surface area contributed by atoms with Crippen molar-refractivity contribution < 1.29 is 19.1 Å². The van der Waals surface area contributed by atoms with Crippen molar-refractivity contribution in [3.8, 4) is 11.5 Å². The van der Waals surface area contributed by atoms with Gasteiger partial charge in [-0.25, -0.2) is 0 Å². The Morgan fingerprint density at radius 2 is 1.12 bits per heavy atom. The molecule has 32 heavy (non-hydrogen) atoms. The van der Waals surface area contributed by atoms with E-state index in [0.717, 1.165) is 11.1 Å². The average Bonchev–Trinajstić information content (AvgIpc) is 2.75. The zero-order chi connectivity index (χ0) is 23.5. The predicted octanol–water partition coefficient (Wildman–Crippen LogP) is 4.30. The first-order chi connectivity index (χ1) is 15.2. The zero-order valence-electron chi connectivity index (χ0n) is 19.6. The van der Waals surface area contributed by atoms with Crippen LogP contribution in [0.2, 0.25) is 0 Å². The Labute approximate surface area is 191 Å². The molecule has 0 aliphatic rings. The molecule has 6 heteroatoms. The van der Waals surface area contributed by atoms with Crippen LogP contribution in [-0.4, -0.2) is 37.1 Å². The van der Waals surface area contributed by atoms with Crippen molar-refractivity contribution in [2.75, 3.05) is 13.2 Å². The van der Waals surface area contributed by atoms with E-state index in [2.05, 4.69) is 24.5 Å². The maximum atomic E-state index is 11.9. The van der Waals surface area contributed by atoms with E-state index in [-0.39, 0.29) is 37.1 Å². The molecule has 0 saturated heterocycles. The molecule has 0 fully saturated rings. The van der Waals surface area contributed by atoms with Gasteiger partial charge in [-0.1, -0.05) is 50.3 Å². The molecule has 0 aromatic heterocycles. The van der Waals surface area contributed by atoms with Crippen molar-refractivity contribution in [1.82, 2.24) is 10.6 Å². The second-order valence-electron chi connectivity index (χ2n) is 8.37. The number of ether oxygens (including phenoxy) is 2. The van der Waals surface area contributed by atoms with Crippen molar-refractivity contribution in [3.05, 3.63) is 59.7 Å². The molecule has 0 aliphatic carbocycles. The molecule has 2 rings (SSSR count). The van der Waals surface area contributed by atoms with Gasteiger partial charge in [-0.05, 0) is 62.1 Å². The second-order valence-corrected chi connectivity index (χ2v) is 8.37. The SMILES string of the molecule is CC(C)NC(=O)COc1ccc(/C=C/c2ccc(OCC(=O)NC(C)C(C)C)cc2)cc1. The topological polar surface area (TPSA) is 76.7 Å². The summed E-state index contributed by atoms with van der Waals surface area (Å²) in [7, 11) is 0. The van der Waals surface area contributed by atoms with Gasteiger partial charge in [-0.2, -0.15) is 0 Å². The van der Waals surface area contributed by atoms with Crippen molar-refractivity contribution in [2.24, 2.45) is 5.92 Å². The maximum absolute atomic E-state index is 11.9. The smallest absolute Gasteiger partial charge is 0.258 e. The monoisotopic (exact) mass is 438 g/mol. The maximum Gasteiger partial charge on any atom is 0.258 e. The van der Waals surface area contributed by atoms with Crippen LogP contribution in [0.4, 0.5) is 0 Å². The molecule has 1 unspecified atom stereocenters. The summed E-state index contributed by atoms with van der Waals surface area (Å²) < 4.78 is 11.1. The average molecular weight is 439 g/mol. The van der Waals surface area contributed by atoms with Gasteiger partial charge in [-0.3, -0.25) is 9.59 Å². The Balaban J connectivity index is 1.81. The number of nitrogens with one attached hydrogen (secondary N) is 2. The van der Waals surface area contributed by atoms with Gasteiger partial charge in [0.1, 0.15) is 11.5 Å². The van der Waals surface area contributed by atoms with Gasteiger partial charge < -0.3 is 20.1 Å². The first kappa shape index (κ1) is 25.0. The molecule has 0 saturated carbocycles. The zero-order valence-corrected chi connectivity index (χ0v) is 19.6. The first-order valence-corrected chi connectivity index (χ1v) is 11.0. The number of benzene rings is 2. The molecule has 2 aromatic rings. The van der Waals surface area contributed by atoms with Crippen LogP contribution in [0.3, 0.4) is 0 Å². The highest BCUT2D eigenvalue weighted by molar-refractivity contribution is 5.78. The molecule has 0 radical (unpaired) electrons. The van der Waals surface area contributed by atoms with E-state index in [1.165, 1.54) is 0 Å². The van der Waals surface area contributed by atoms with Crippen LogP contribution >= 0.6 is 0 Å². The highest BCUT2D eigenvalue weighted by Gasteiger charge is 2.11. The summed E-state index contributed by atoms with van der Waals surface area (Å²) in [6.07, 6.45) is 3.98.